The van der Waals surface area contributed by atoms with E-state index in [9.17, 15) is 18.0 Å². The molecular weight excluding hydrogens is 233 g/mol. The van der Waals surface area contributed by atoms with E-state index in [0.717, 1.165) is 12.1 Å². The van der Waals surface area contributed by atoms with E-state index in [2.05, 4.69) is 0 Å². The van der Waals surface area contributed by atoms with Crippen molar-refractivity contribution in [2.24, 2.45) is 5.84 Å². The Morgan fingerprint density at radius 3 is 2.47 bits per heavy atom. The van der Waals surface area contributed by atoms with Crippen LogP contribution in [0.5, 0.6) is 0 Å². The highest BCUT2D eigenvalue weighted by Gasteiger charge is 2.36. The molecule has 0 aliphatic heterocycles. The maximum absolute atomic E-state index is 12.4. The van der Waals surface area contributed by atoms with Crippen molar-refractivity contribution in [3.8, 4) is 0 Å². The highest BCUT2D eigenvalue weighted by molar-refractivity contribution is 6.34. The van der Waals surface area contributed by atoms with Crippen molar-refractivity contribution in [1.82, 2.24) is 5.43 Å². The van der Waals surface area contributed by atoms with Gasteiger partial charge in [-0.05, 0) is 12.1 Å². The molecule has 0 aromatic heterocycles. The van der Waals surface area contributed by atoms with Crippen LogP contribution in [0.1, 0.15) is 15.9 Å². The summed E-state index contributed by atoms with van der Waals surface area (Å²) < 4.78 is 37.3. The average molecular weight is 239 g/mol. The fraction of sp³-hybridized carbons (Fsp3) is 0.125. The van der Waals surface area contributed by atoms with Crippen molar-refractivity contribution < 1.29 is 18.0 Å². The van der Waals surface area contributed by atoms with Crippen LogP contribution >= 0.6 is 11.6 Å². The Bertz CT molecular complexity index is 392. The van der Waals surface area contributed by atoms with Gasteiger partial charge in [-0.3, -0.25) is 10.2 Å². The number of hydrogen-bond donors (Lipinski definition) is 2. The van der Waals surface area contributed by atoms with Gasteiger partial charge in [-0.25, -0.2) is 5.84 Å². The van der Waals surface area contributed by atoms with Crippen molar-refractivity contribution in [2.45, 2.75) is 6.18 Å². The van der Waals surface area contributed by atoms with Crippen molar-refractivity contribution >= 4 is 17.5 Å². The molecule has 1 aromatic carbocycles. The van der Waals surface area contributed by atoms with Crippen molar-refractivity contribution in [3.05, 3.63) is 34.3 Å². The van der Waals surface area contributed by atoms with Crippen LogP contribution in [-0.4, -0.2) is 5.91 Å². The summed E-state index contributed by atoms with van der Waals surface area (Å²) in [6.45, 7) is 0. The standard InChI is InChI=1S/C8H6ClF3N2O/c9-5-3-1-2-4(8(10,11)12)6(5)7(15)14-13/h1-3H,13H2,(H,14,15). The first kappa shape index (κ1) is 11.8. The Labute approximate surface area is 88.0 Å². The van der Waals surface area contributed by atoms with E-state index in [4.69, 9.17) is 17.4 Å². The number of nitrogen functional groups attached to an aromatic ring is 1. The van der Waals surface area contributed by atoms with Crippen molar-refractivity contribution in [1.29, 1.82) is 0 Å². The summed E-state index contributed by atoms with van der Waals surface area (Å²) in [5, 5.41) is -0.298. The summed E-state index contributed by atoms with van der Waals surface area (Å²) in [5.41, 5.74) is -0.174. The first-order valence-corrected chi connectivity index (χ1v) is 4.12. The van der Waals surface area contributed by atoms with Gasteiger partial charge in [0.05, 0.1) is 16.1 Å². The molecule has 3 nitrogen and oxygen atoms in total. The molecule has 1 amide bonds. The van der Waals surface area contributed by atoms with Gasteiger partial charge in [0, 0.05) is 0 Å². The van der Waals surface area contributed by atoms with Crippen LogP contribution in [0.3, 0.4) is 0 Å². The monoisotopic (exact) mass is 238 g/mol. The topological polar surface area (TPSA) is 55.1 Å². The SMILES string of the molecule is NNC(=O)c1c(Cl)cccc1C(F)(F)F. The number of benzene rings is 1. The number of rotatable bonds is 1. The van der Waals surface area contributed by atoms with Crippen LogP contribution in [0.4, 0.5) is 13.2 Å². The Hall–Kier alpha value is -1.27. The molecule has 0 spiro atoms. The predicted molar refractivity (Wildman–Crippen MR) is 48.1 cm³/mol. The number of hydrazine groups is 1. The maximum atomic E-state index is 12.4. The quantitative estimate of drug-likeness (QED) is 0.446. The molecule has 0 atom stereocenters. The van der Waals surface area contributed by atoms with Gasteiger partial charge in [-0.1, -0.05) is 17.7 Å². The molecule has 0 aliphatic carbocycles. The van der Waals surface area contributed by atoms with E-state index < -0.39 is 23.2 Å². The number of amides is 1. The number of carbonyl (C=O) groups is 1. The Morgan fingerprint density at radius 1 is 1.40 bits per heavy atom. The third-order valence-corrected chi connectivity index (χ3v) is 1.99. The van der Waals surface area contributed by atoms with Crippen LogP contribution in [0.2, 0.25) is 5.02 Å². The molecule has 1 aromatic rings. The molecule has 0 saturated heterocycles. The molecule has 82 valence electrons. The molecule has 0 saturated carbocycles. The summed E-state index contributed by atoms with van der Waals surface area (Å²) in [5.74, 6) is 3.68. The Morgan fingerprint density at radius 2 is 2.00 bits per heavy atom. The van der Waals surface area contributed by atoms with Crippen LogP contribution in [0.15, 0.2) is 18.2 Å². The second kappa shape index (κ2) is 4.08. The predicted octanol–water partition coefficient (Wildman–Crippen LogP) is 1.96. The second-order valence-electron chi connectivity index (χ2n) is 2.63. The molecule has 0 fully saturated rings. The Balaban J connectivity index is 3.40. The van der Waals surface area contributed by atoms with Crippen LogP contribution in [0, 0.1) is 0 Å². The van der Waals surface area contributed by atoms with E-state index in [-0.39, 0.29) is 5.02 Å². The highest BCUT2D eigenvalue weighted by Crippen LogP contribution is 2.34. The van der Waals surface area contributed by atoms with Crippen LogP contribution < -0.4 is 11.3 Å². The molecule has 0 aliphatic rings. The smallest absolute Gasteiger partial charge is 0.290 e. The average Bonchev–Trinajstić information content (AvgIpc) is 2.15. The fourth-order valence-corrected chi connectivity index (χ4v) is 1.32. The van der Waals surface area contributed by atoms with Crippen molar-refractivity contribution in [2.75, 3.05) is 0 Å². The van der Waals surface area contributed by atoms with E-state index in [1.54, 1.807) is 5.43 Å². The molecule has 0 heterocycles. The molecule has 0 radical (unpaired) electrons. The molecule has 0 bridgehead atoms. The zero-order chi connectivity index (χ0) is 11.6. The van der Waals surface area contributed by atoms with E-state index in [0.29, 0.717) is 0 Å². The minimum absolute atomic E-state index is 0.298. The van der Waals surface area contributed by atoms with E-state index >= 15 is 0 Å². The lowest BCUT2D eigenvalue weighted by molar-refractivity contribution is -0.137. The minimum Gasteiger partial charge on any atom is -0.290 e. The lowest BCUT2D eigenvalue weighted by Gasteiger charge is -2.12. The number of hydrogen-bond acceptors (Lipinski definition) is 2. The van der Waals surface area contributed by atoms with Gasteiger partial charge in [-0.15, -0.1) is 0 Å². The number of nitrogens with one attached hydrogen (secondary N) is 1. The zero-order valence-corrected chi connectivity index (χ0v) is 7.99. The summed E-state index contributed by atoms with van der Waals surface area (Å²) in [6, 6.07) is 3.05. The summed E-state index contributed by atoms with van der Waals surface area (Å²) in [4.78, 5) is 11.1. The van der Waals surface area contributed by atoms with E-state index in [1.165, 1.54) is 6.07 Å². The first-order chi connectivity index (χ1) is 6.88. The number of halogens is 4. The van der Waals surface area contributed by atoms with Gasteiger partial charge in [0.1, 0.15) is 0 Å². The summed E-state index contributed by atoms with van der Waals surface area (Å²) in [6.07, 6.45) is -4.65. The van der Waals surface area contributed by atoms with Crippen LogP contribution in [0.25, 0.3) is 0 Å². The number of carbonyl (C=O) groups excluding carboxylic acids is 1. The molecule has 1 rings (SSSR count). The summed E-state index contributed by atoms with van der Waals surface area (Å²) in [7, 11) is 0. The van der Waals surface area contributed by atoms with Gasteiger partial charge in [0.15, 0.2) is 0 Å². The van der Waals surface area contributed by atoms with Gasteiger partial charge >= 0.3 is 6.18 Å². The van der Waals surface area contributed by atoms with Crippen molar-refractivity contribution in [3.63, 3.8) is 0 Å². The number of alkyl halides is 3. The van der Waals surface area contributed by atoms with Gasteiger partial charge < -0.3 is 0 Å². The van der Waals surface area contributed by atoms with Gasteiger partial charge in [0.25, 0.3) is 5.91 Å². The maximum Gasteiger partial charge on any atom is 0.417 e. The second-order valence-corrected chi connectivity index (χ2v) is 3.04. The zero-order valence-electron chi connectivity index (χ0n) is 7.23. The first-order valence-electron chi connectivity index (χ1n) is 3.74. The molecule has 15 heavy (non-hydrogen) atoms. The Kier molecular flexibility index (Phi) is 3.21. The van der Waals surface area contributed by atoms with Gasteiger partial charge in [0.2, 0.25) is 0 Å². The number of nitrogens with two attached hydrogens (primary N) is 1. The molecule has 0 unspecified atom stereocenters. The van der Waals surface area contributed by atoms with Gasteiger partial charge in [-0.2, -0.15) is 13.2 Å². The lowest BCUT2D eigenvalue weighted by atomic mass is 10.1. The highest BCUT2D eigenvalue weighted by atomic mass is 35.5. The normalized spacial score (nSPS) is 11.3. The molecule has 7 heteroatoms. The lowest BCUT2D eigenvalue weighted by Crippen LogP contribution is -2.32. The largest absolute Gasteiger partial charge is 0.417 e. The fourth-order valence-electron chi connectivity index (χ4n) is 1.06. The molecule has 3 N–H and O–H groups in total. The van der Waals surface area contributed by atoms with Crippen LogP contribution in [-0.2, 0) is 6.18 Å². The summed E-state index contributed by atoms with van der Waals surface area (Å²) >= 11 is 5.49. The minimum atomic E-state index is -4.65. The molecular formula is C8H6ClF3N2O. The third kappa shape index (κ3) is 2.40. The third-order valence-electron chi connectivity index (χ3n) is 1.68. The van der Waals surface area contributed by atoms with E-state index in [1.807, 2.05) is 0 Å².